The van der Waals surface area contributed by atoms with Gasteiger partial charge in [-0.05, 0) is 25.1 Å². The molecule has 2 rings (SSSR count). The number of rotatable bonds is 1. The Balaban J connectivity index is 2.32. The van der Waals surface area contributed by atoms with Crippen LogP contribution in [-0.2, 0) is 0 Å². The van der Waals surface area contributed by atoms with Crippen LogP contribution in [0.15, 0.2) is 42.2 Å². The van der Waals surface area contributed by atoms with E-state index >= 15 is 0 Å². The van der Waals surface area contributed by atoms with E-state index in [1.165, 1.54) is 0 Å². The van der Waals surface area contributed by atoms with Crippen molar-refractivity contribution in [1.82, 2.24) is 5.01 Å². The maximum Gasteiger partial charge on any atom is 0.116 e. The standard InChI is InChI=1S/C11H15N3/c1-9-8-11(12)14(13(9)2)10-6-4-3-5-7-10/h3-9H,12H2,1-2H3. The molecule has 0 radical (unpaired) electrons. The highest BCUT2D eigenvalue weighted by atomic mass is 15.7. The van der Waals surface area contributed by atoms with Gasteiger partial charge in [0, 0.05) is 13.1 Å². The van der Waals surface area contributed by atoms with Crippen LogP contribution in [0, 0.1) is 0 Å². The Hall–Kier alpha value is -1.48. The van der Waals surface area contributed by atoms with E-state index in [9.17, 15) is 0 Å². The monoisotopic (exact) mass is 189 g/mol. The van der Waals surface area contributed by atoms with Crippen molar-refractivity contribution >= 4 is 5.69 Å². The van der Waals surface area contributed by atoms with Crippen LogP contribution in [0.2, 0.25) is 0 Å². The van der Waals surface area contributed by atoms with Crippen LogP contribution in [0.5, 0.6) is 0 Å². The first-order chi connectivity index (χ1) is 6.70. The predicted octanol–water partition coefficient (Wildman–Crippen LogP) is 1.54. The van der Waals surface area contributed by atoms with Gasteiger partial charge in [-0.1, -0.05) is 18.2 Å². The zero-order chi connectivity index (χ0) is 10.1. The van der Waals surface area contributed by atoms with Gasteiger partial charge in [-0.2, -0.15) is 0 Å². The quantitative estimate of drug-likeness (QED) is 0.727. The Morgan fingerprint density at radius 2 is 1.86 bits per heavy atom. The second-order valence-electron chi connectivity index (χ2n) is 3.55. The van der Waals surface area contributed by atoms with Crippen molar-refractivity contribution in [2.24, 2.45) is 5.73 Å². The largest absolute Gasteiger partial charge is 0.384 e. The van der Waals surface area contributed by atoms with Gasteiger partial charge in [-0.3, -0.25) is 5.01 Å². The first-order valence-corrected chi connectivity index (χ1v) is 4.75. The molecule has 0 saturated heterocycles. The summed E-state index contributed by atoms with van der Waals surface area (Å²) in [5, 5.41) is 4.13. The highest BCUT2D eigenvalue weighted by Crippen LogP contribution is 2.24. The number of hydrazine groups is 1. The fraction of sp³-hybridized carbons (Fsp3) is 0.273. The summed E-state index contributed by atoms with van der Waals surface area (Å²) in [4.78, 5) is 0. The topological polar surface area (TPSA) is 32.5 Å². The van der Waals surface area contributed by atoms with Crippen molar-refractivity contribution in [2.75, 3.05) is 12.1 Å². The zero-order valence-corrected chi connectivity index (χ0v) is 8.51. The molecule has 14 heavy (non-hydrogen) atoms. The number of nitrogens with two attached hydrogens (primary N) is 1. The second-order valence-corrected chi connectivity index (χ2v) is 3.55. The minimum Gasteiger partial charge on any atom is -0.384 e. The van der Waals surface area contributed by atoms with Crippen LogP contribution in [0.4, 0.5) is 5.69 Å². The van der Waals surface area contributed by atoms with Crippen molar-refractivity contribution in [3.8, 4) is 0 Å². The summed E-state index contributed by atoms with van der Waals surface area (Å²) in [7, 11) is 2.04. The summed E-state index contributed by atoms with van der Waals surface area (Å²) in [6, 6.07) is 10.5. The molecular weight excluding hydrogens is 174 g/mol. The second kappa shape index (κ2) is 3.35. The van der Waals surface area contributed by atoms with E-state index in [0.717, 1.165) is 11.5 Å². The molecule has 0 fully saturated rings. The first-order valence-electron chi connectivity index (χ1n) is 4.75. The number of anilines is 1. The van der Waals surface area contributed by atoms with Crippen molar-refractivity contribution in [3.05, 3.63) is 42.2 Å². The van der Waals surface area contributed by atoms with Crippen LogP contribution in [0.1, 0.15) is 6.92 Å². The number of likely N-dealkylation sites (N-methyl/N-ethyl adjacent to an activating group) is 1. The molecule has 1 unspecified atom stereocenters. The molecule has 3 nitrogen and oxygen atoms in total. The summed E-state index contributed by atoms with van der Waals surface area (Å²) in [6.45, 7) is 2.12. The lowest BCUT2D eigenvalue weighted by molar-refractivity contribution is 0.317. The lowest BCUT2D eigenvalue weighted by atomic mass is 10.3. The van der Waals surface area contributed by atoms with Gasteiger partial charge in [0.25, 0.3) is 0 Å². The molecule has 1 aromatic rings. The highest BCUT2D eigenvalue weighted by molar-refractivity contribution is 5.51. The number of benzene rings is 1. The molecule has 0 aromatic heterocycles. The molecule has 0 amide bonds. The average molecular weight is 189 g/mol. The van der Waals surface area contributed by atoms with E-state index in [1.807, 2.05) is 36.3 Å². The van der Waals surface area contributed by atoms with Gasteiger partial charge < -0.3 is 5.73 Å². The molecule has 1 aromatic carbocycles. The van der Waals surface area contributed by atoms with E-state index in [-0.39, 0.29) is 0 Å². The summed E-state index contributed by atoms with van der Waals surface area (Å²) in [5.41, 5.74) is 7.04. The minimum atomic E-state index is 0.357. The molecule has 74 valence electrons. The van der Waals surface area contributed by atoms with Crippen LogP contribution >= 0.6 is 0 Å². The van der Waals surface area contributed by atoms with Crippen molar-refractivity contribution in [1.29, 1.82) is 0 Å². The van der Waals surface area contributed by atoms with Gasteiger partial charge in [0.2, 0.25) is 0 Å². The normalized spacial score (nSPS) is 22.6. The highest BCUT2D eigenvalue weighted by Gasteiger charge is 2.25. The van der Waals surface area contributed by atoms with E-state index in [0.29, 0.717) is 6.04 Å². The first kappa shape index (κ1) is 9.09. The van der Waals surface area contributed by atoms with E-state index < -0.39 is 0 Å². The molecule has 1 heterocycles. The Morgan fingerprint density at radius 3 is 2.36 bits per heavy atom. The number of nitrogens with zero attached hydrogens (tertiary/aromatic N) is 2. The van der Waals surface area contributed by atoms with Crippen LogP contribution in [-0.4, -0.2) is 18.1 Å². The fourth-order valence-electron chi connectivity index (χ4n) is 1.69. The molecule has 1 atom stereocenters. The van der Waals surface area contributed by atoms with Crippen molar-refractivity contribution in [3.63, 3.8) is 0 Å². The SMILES string of the molecule is CC1C=C(N)N(c2ccccc2)N1C. The van der Waals surface area contributed by atoms with Crippen LogP contribution in [0.3, 0.4) is 0 Å². The zero-order valence-electron chi connectivity index (χ0n) is 8.51. The molecule has 0 aliphatic carbocycles. The summed E-state index contributed by atoms with van der Waals surface area (Å²) in [5.74, 6) is 0.797. The maximum atomic E-state index is 5.94. The third kappa shape index (κ3) is 1.36. The summed E-state index contributed by atoms with van der Waals surface area (Å²) >= 11 is 0. The summed E-state index contributed by atoms with van der Waals surface area (Å²) in [6.07, 6.45) is 2.05. The lowest BCUT2D eigenvalue weighted by Gasteiger charge is -2.29. The van der Waals surface area contributed by atoms with Crippen molar-refractivity contribution < 1.29 is 0 Å². The molecule has 0 saturated carbocycles. The third-order valence-corrected chi connectivity index (χ3v) is 2.56. The summed E-state index contributed by atoms with van der Waals surface area (Å²) < 4.78 is 0. The van der Waals surface area contributed by atoms with E-state index in [2.05, 4.69) is 24.1 Å². The molecule has 2 N–H and O–H groups in total. The maximum absolute atomic E-state index is 5.94. The molecule has 1 aliphatic rings. The molecule has 0 bridgehead atoms. The van der Waals surface area contributed by atoms with Gasteiger partial charge in [0.05, 0.1) is 5.69 Å². The fourth-order valence-corrected chi connectivity index (χ4v) is 1.69. The average Bonchev–Trinajstić information content (AvgIpc) is 2.43. The van der Waals surface area contributed by atoms with E-state index in [4.69, 9.17) is 5.73 Å². The van der Waals surface area contributed by atoms with Gasteiger partial charge in [0.1, 0.15) is 5.82 Å². The Bertz CT molecular complexity index is 345. The van der Waals surface area contributed by atoms with Gasteiger partial charge in [-0.25, -0.2) is 5.01 Å². The minimum absolute atomic E-state index is 0.357. The van der Waals surface area contributed by atoms with Gasteiger partial charge in [0.15, 0.2) is 0 Å². The smallest absolute Gasteiger partial charge is 0.116 e. The van der Waals surface area contributed by atoms with Crippen LogP contribution in [0.25, 0.3) is 0 Å². The Morgan fingerprint density at radius 1 is 1.21 bits per heavy atom. The molecule has 1 aliphatic heterocycles. The van der Waals surface area contributed by atoms with Crippen LogP contribution < -0.4 is 10.7 Å². The third-order valence-electron chi connectivity index (χ3n) is 2.56. The van der Waals surface area contributed by atoms with Gasteiger partial charge in [-0.15, -0.1) is 0 Å². The Kier molecular flexibility index (Phi) is 2.17. The lowest BCUT2D eigenvalue weighted by Crippen LogP contribution is -2.39. The predicted molar refractivity (Wildman–Crippen MR) is 58.4 cm³/mol. The Labute approximate surface area is 84.4 Å². The van der Waals surface area contributed by atoms with Crippen molar-refractivity contribution in [2.45, 2.75) is 13.0 Å². The molecule has 0 spiro atoms. The van der Waals surface area contributed by atoms with E-state index in [1.54, 1.807) is 0 Å². The number of para-hydroxylation sites is 1. The molecule has 3 heteroatoms. The molecular formula is C11H15N3. The number of hydrogen-bond acceptors (Lipinski definition) is 3. The number of hydrogen-bond donors (Lipinski definition) is 1. The van der Waals surface area contributed by atoms with Gasteiger partial charge >= 0.3 is 0 Å².